The van der Waals surface area contributed by atoms with Gasteiger partial charge in [-0.15, -0.1) is 0 Å². The molecule has 1 aliphatic carbocycles. The average Bonchev–Trinajstić information content (AvgIpc) is 2.82. The molecule has 0 spiro atoms. The van der Waals surface area contributed by atoms with E-state index in [-0.39, 0.29) is 5.97 Å². The molecule has 3 aromatic rings. The van der Waals surface area contributed by atoms with Crippen molar-refractivity contribution in [3.8, 4) is 16.9 Å². The average molecular weight is 428 g/mol. The third kappa shape index (κ3) is 4.45. The van der Waals surface area contributed by atoms with Crippen LogP contribution in [0.15, 0.2) is 78.5 Å². The first-order chi connectivity index (χ1) is 15.4. The highest BCUT2D eigenvalue weighted by Crippen LogP contribution is 2.34. The lowest BCUT2D eigenvalue weighted by Gasteiger charge is -2.24. The number of pyridine rings is 1. The van der Waals surface area contributed by atoms with Crippen LogP contribution in [0.3, 0.4) is 0 Å². The van der Waals surface area contributed by atoms with Crippen LogP contribution in [0, 0.1) is 5.41 Å². The van der Waals surface area contributed by atoms with Crippen molar-refractivity contribution in [1.29, 1.82) is 0 Å². The molecule has 0 amide bonds. The number of nitrogens with zero attached hydrogens (tertiary/aromatic N) is 1. The lowest BCUT2D eigenvalue weighted by Crippen LogP contribution is -2.28. The van der Waals surface area contributed by atoms with Crippen LogP contribution in [0.25, 0.3) is 22.0 Å². The van der Waals surface area contributed by atoms with Gasteiger partial charge in [-0.25, -0.2) is 0 Å². The SMILES string of the molecule is COC(=O)C1(C)C=CC(COc2cccc(-c3cc(C(C)C)cc4cccnc34)c2)=CC1. The summed E-state index contributed by atoms with van der Waals surface area (Å²) >= 11 is 0. The van der Waals surface area contributed by atoms with Crippen molar-refractivity contribution in [3.63, 3.8) is 0 Å². The predicted octanol–water partition coefficient (Wildman–Crippen LogP) is 6.47. The summed E-state index contributed by atoms with van der Waals surface area (Å²) in [5.41, 5.74) is 4.92. The normalized spacial score (nSPS) is 18.0. The predicted molar refractivity (Wildman–Crippen MR) is 129 cm³/mol. The van der Waals surface area contributed by atoms with Crippen LogP contribution in [0.5, 0.6) is 5.75 Å². The Morgan fingerprint density at radius 1 is 1.16 bits per heavy atom. The number of aromatic nitrogens is 1. The maximum atomic E-state index is 12.0. The Kier molecular flexibility index (Phi) is 6.13. The highest BCUT2D eigenvalue weighted by molar-refractivity contribution is 5.94. The van der Waals surface area contributed by atoms with E-state index in [4.69, 9.17) is 9.47 Å². The summed E-state index contributed by atoms with van der Waals surface area (Å²) in [6.45, 7) is 6.74. The molecule has 4 rings (SSSR count). The molecule has 1 heterocycles. The first-order valence-corrected chi connectivity index (χ1v) is 11.0. The molecule has 1 aromatic heterocycles. The van der Waals surface area contributed by atoms with Crippen LogP contribution in [0.2, 0.25) is 0 Å². The van der Waals surface area contributed by atoms with Crippen LogP contribution in [-0.4, -0.2) is 24.7 Å². The maximum Gasteiger partial charge on any atom is 0.315 e. The lowest BCUT2D eigenvalue weighted by molar-refractivity contribution is -0.148. The highest BCUT2D eigenvalue weighted by Gasteiger charge is 2.32. The number of hydrogen-bond acceptors (Lipinski definition) is 4. The number of esters is 1. The number of carbonyl (C=O) groups is 1. The van der Waals surface area contributed by atoms with Gasteiger partial charge in [-0.1, -0.05) is 50.3 Å². The molecule has 2 aromatic carbocycles. The summed E-state index contributed by atoms with van der Waals surface area (Å²) in [5.74, 6) is 1.01. The second-order valence-corrected chi connectivity index (χ2v) is 8.84. The van der Waals surface area contributed by atoms with Crippen LogP contribution in [-0.2, 0) is 9.53 Å². The summed E-state index contributed by atoms with van der Waals surface area (Å²) < 4.78 is 11.0. The Labute approximate surface area is 189 Å². The van der Waals surface area contributed by atoms with Crippen molar-refractivity contribution in [1.82, 2.24) is 4.98 Å². The standard InChI is InChI=1S/C28H29NO3/c1-19(2)23-15-22-8-6-14-29-26(22)25(17-23)21-7-5-9-24(16-21)32-18-20-10-12-28(3,13-11-20)27(30)31-4/h5-12,14-17,19H,13,18H2,1-4H3. The van der Waals surface area contributed by atoms with Gasteiger partial charge in [0.2, 0.25) is 0 Å². The number of hydrogen-bond donors (Lipinski definition) is 0. The lowest BCUT2D eigenvalue weighted by atomic mass is 9.82. The number of fused-ring (bicyclic) bond motifs is 1. The van der Waals surface area contributed by atoms with Crippen LogP contribution in [0.4, 0.5) is 0 Å². The zero-order valence-electron chi connectivity index (χ0n) is 19.1. The highest BCUT2D eigenvalue weighted by atomic mass is 16.5. The quantitative estimate of drug-likeness (QED) is 0.423. The smallest absolute Gasteiger partial charge is 0.315 e. The van der Waals surface area contributed by atoms with Gasteiger partial charge in [-0.3, -0.25) is 9.78 Å². The zero-order valence-corrected chi connectivity index (χ0v) is 19.1. The summed E-state index contributed by atoms with van der Waals surface area (Å²) in [6, 6.07) is 16.7. The molecule has 0 fully saturated rings. The minimum atomic E-state index is -0.604. The van der Waals surface area contributed by atoms with Gasteiger partial charge in [0.15, 0.2) is 0 Å². The Bertz CT molecular complexity index is 1210. The van der Waals surface area contributed by atoms with E-state index in [1.54, 1.807) is 0 Å². The second kappa shape index (κ2) is 8.99. The van der Waals surface area contributed by atoms with Gasteiger partial charge in [-0.2, -0.15) is 0 Å². The first kappa shape index (κ1) is 21.8. The maximum absolute atomic E-state index is 12.0. The van der Waals surface area contributed by atoms with E-state index in [1.165, 1.54) is 12.7 Å². The number of ether oxygens (including phenoxy) is 2. The van der Waals surface area contributed by atoms with Gasteiger partial charge in [0, 0.05) is 17.1 Å². The molecular formula is C28H29NO3. The molecule has 0 saturated carbocycles. The molecule has 0 N–H and O–H groups in total. The third-order valence-electron chi connectivity index (χ3n) is 6.05. The van der Waals surface area contributed by atoms with Gasteiger partial charge in [0.05, 0.1) is 18.0 Å². The van der Waals surface area contributed by atoms with Crippen molar-refractivity contribution >= 4 is 16.9 Å². The molecule has 164 valence electrons. The van der Waals surface area contributed by atoms with Crippen molar-refractivity contribution < 1.29 is 14.3 Å². The fraction of sp³-hybridized carbons (Fsp3) is 0.286. The molecule has 1 aliphatic rings. The number of carbonyl (C=O) groups excluding carboxylic acids is 1. The second-order valence-electron chi connectivity index (χ2n) is 8.84. The van der Waals surface area contributed by atoms with Crippen molar-refractivity contribution in [2.75, 3.05) is 13.7 Å². The van der Waals surface area contributed by atoms with Gasteiger partial charge in [0.1, 0.15) is 12.4 Å². The summed E-state index contributed by atoms with van der Waals surface area (Å²) in [4.78, 5) is 16.6. The molecule has 0 bridgehead atoms. The topological polar surface area (TPSA) is 48.4 Å². The molecule has 1 atom stereocenters. The summed E-state index contributed by atoms with van der Waals surface area (Å²) in [7, 11) is 1.42. The van der Waals surface area contributed by atoms with E-state index in [1.807, 2.05) is 49.5 Å². The monoisotopic (exact) mass is 427 g/mol. The Morgan fingerprint density at radius 2 is 2.00 bits per heavy atom. The summed E-state index contributed by atoms with van der Waals surface area (Å²) in [6.07, 6.45) is 8.35. The van der Waals surface area contributed by atoms with E-state index in [0.29, 0.717) is 18.9 Å². The Balaban J connectivity index is 1.56. The van der Waals surface area contributed by atoms with Crippen LogP contribution in [0.1, 0.15) is 38.7 Å². The molecule has 0 saturated heterocycles. The Hall–Kier alpha value is -3.40. The first-order valence-electron chi connectivity index (χ1n) is 11.0. The minimum absolute atomic E-state index is 0.220. The van der Waals surface area contributed by atoms with Gasteiger partial charge < -0.3 is 9.47 Å². The number of benzene rings is 2. The molecular weight excluding hydrogens is 398 g/mol. The third-order valence-corrected chi connectivity index (χ3v) is 6.05. The van der Waals surface area contributed by atoms with E-state index in [9.17, 15) is 4.79 Å². The molecule has 32 heavy (non-hydrogen) atoms. The van der Waals surface area contributed by atoms with Gasteiger partial charge in [0.25, 0.3) is 0 Å². The largest absolute Gasteiger partial charge is 0.489 e. The van der Waals surface area contributed by atoms with Gasteiger partial charge >= 0.3 is 5.97 Å². The van der Waals surface area contributed by atoms with Crippen molar-refractivity contribution in [2.24, 2.45) is 5.41 Å². The van der Waals surface area contributed by atoms with Crippen molar-refractivity contribution in [2.45, 2.75) is 33.1 Å². The van der Waals surface area contributed by atoms with Crippen LogP contribution < -0.4 is 4.74 Å². The van der Waals surface area contributed by atoms with E-state index in [2.05, 4.69) is 49.2 Å². The van der Waals surface area contributed by atoms with E-state index >= 15 is 0 Å². The van der Waals surface area contributed by atoms with Crippen molar-refractivity contribution in [3.05, 3.63) is 84.1 Å². The number of rotatable bonds is 6. The molecule has 4 nitrogen and oxygen atoms in total. The molecule has 1 unspecified atom stereocenters. The van der Waals surface area contributed by atoms with Gasteiger partial charge in [-0.05, 0) is 66.3 Å². The number of allylic oxidation sites excluding steroid dienone is 1. The fourth-order valence-corrected chi connectivity index (χ4v) is 3.95. The van der Waals surface area contributed by atoms with E-state index in [0.717, 1.165) is 33.4 Å². The Morgan fingerprint density at radius 3 is 2.72 bits per heavy atom. The summed E-state index contributed by atoms with van der Waals surface area (Å²) in [5, 5.41) is 1.14. The molecule has 0 radical (unpaired) electrons. The fourth-order valence-electron chi connectivity index (χ4n) is 3.95. The van der Waals surface area contributed by atoms with E-state index < -0.39 is 5.41 Å². The molecule has 0 aliphatic heterocycles. The van der Waals surface area contributed by atoms with Crippen LogP contribution >= 0.6 is 0 Å². The number of methoxy groups -OCH3 is 1. The molecule has 4 heteroatoms. The minimum Gasteiger partial charge on any atom is -0.489 e. The zero-order chi connectivity index (χ0) is 22.7.